The highest BCUT2D eigenvalue weighted by molar-refractivity contribution is 6.02. The SMILES string of the molecule is CCCC(N)c1ccc(NC(=O)CCC(=O)N(CCO)c2ccc3c(c2)C(=O)N(CCC)C3)cc1. The zero-order valence-corrected chi connectivity index (χ0v) is 20.6. The molecule has 1 aliphatic rings. The first kappa shape index (κ1) is 26.4. The number of nitrogens with one attached hydrogen (secondary N) is 1. The quantitative estimate of drug-likeness (QED) is 0.429. The fourth-order valence-electron chi connectivity index (χ4n) is 4.34. The molecule has 0 radical (unpaired) electrons. The van der Waals surface area contributed by atoms with Gasteiger partial charge in [0.15, 0.2) is 0 Å². The van der Waals surface area contributed by atoms with Crippen LogP contribution in [0.5, 0.6) is 0 Å². The Labute approximate surface area is 207 Å². The fraction of sp³-hybridized carbons (Fsp3) is 0.444. The van der Waals surface area contributed by atoms with E-state index in [1.807, 2.05) is 37.3 Å². The minimum absolute atomic E-state index is 0.00596. The molecule has 1 heterocycles. The third kappa shape index (κ3) is 6.68. The van der Waals surface area contributed by atoms with Crippen LogP contribution in [0.4, 0.5) is 11.4 Å². The first-order valence-corrected chi connectivity index (χ1v) is 12.4. The summed E-state index contributed by atoms with van der Waals surface area (Å²) in [4.78, 5) is 41.3. The lowest BCUT2D eigenvalue weighted by Crippen LogP contribution is -2.34. The average Bonchev–Trinajstić information content (AvgIpc) is 3.16. The second-order valence-electron chi connectivity index (χ2n) is 8.90. The van der Waals surface area contributed by atoms with Gasteiger partial charge in [0.2, 0.25) is 11.8 Å². The molecule has 3 amide bonds. The van der Waals surface area contributed by atoms with Crippen LogP contribution >= 0.6 is 0 Å². The van der Waals surface area contributed by atoms with Gasteiger partial charge in [0.25, 0.3) is 5.91 Å². The van der Waals surface area contributed by atoms with E-state index in [4.69, 9.17) is 5.73 Å². The van der Waals surface area contributed by atoms with Gasteiger partial charge in [0.05, 0.1) is 6.61 Å². The van der Waals surface area contributed by atoms with Gasteiger partial charge in [-0.2, -0.15) is 0 Å². The molecule has 0 bridgehead atoms. The first-order chi connectivity index (χ1) is 16.9. The molecule has 0 aliphatic carbocycles. The Kier molecular flexibility index (Phi) is 9.39. The molecule has 4 N–H and O–H groups in total. The number of aliphatic hydroxyl groups excluding tert-OH is 1. The largest absolute Gasteiger partial charge is 0.395 e. The molecular formula is C27H36N4O4. The zero-order valence-electron chi connectivity index (χ0n) is 20.6. The molecule has 1 aliphatic heterocycles. The summed E-state index contributed by atoms with van der Waals surface area (Å²) in [5.74, 6) is -0.598. The molecule has 2 aromatic rings. The van der Waals surface area contributed by atoms with Gasteiger partial charge in [0.1, 0.15) is 0 Å². The number of hydrogen-bond donors (Lipinski definition) is 3. The Morgan fingerprint density at radius 2 is 1.86 bits per heavy atom. The second-order valence-corrected chi connectivity index (χ2v) is 8.90. The number of carbonyl (C=O) groups excluding carboxylic acids is 3. The van der Waals surface area contributed by atoms with Crippen molar-refractivity contribution in [3.8, 4) is 0 Å². The molecule has 0 saturated heterocycles. The van der Waals surface area contributed by atoms with Crippen molar-refractivity contribution in [1.82, 2.24) is 4.90 Å². The summed E-state index contributed by atoms with van der Waals surface area (Å²) in [6.07, 6.45) is 2.76. The van der Waals surface area contributed by atoms with E-state index >= 15 is 0 Å². The summed E-state index contributed by atoms with van der Waals surface area (Å²) in [6.45, 7) is 5.23. The summed E-state index contributed by atoms with van der Waals surface area (Å²) in [5.41, 5.74) is 9.87. The average molecular weight is 481 g/mol. The molecule has 0 saturated carbocycles. The summed E-state index contributed by atoms with van der Waals surface area (Å²) >= 11 is 0. The fourth-order valence-corrected chi connectivity index (χ4v) is 4.34. The summed E-state index contributed by atoms with van der Waals surface area (Å²) in [6, 6.07) is 12.8. The van der Waals surface area contributed by atoms with Crippen molar-refractivity contribution in [2.24, 2.45) is 5.73 Å². The highest BCUT2D eigenvalue weighted by Crippen LogP contribution is 2.28. The number of nitrogens with zero attached hydrogens (tertiary/aromatic N) is 2. The highest BCUT2D eigenvalue weighted by atomic mass is 16.3. The molecular weight excluding hydrogens is 444 g/mol. The van der Waals surface area contributed by atoms with E-state index in [1.54, 1.807) is 17.0 Å². The van der Waals surface area contributed by atoms with Gasteiger partial charge in [-0.1, -0.05) is 38.5 Å². The van der Waals surface area contributed by atoms with Gasteiger partial charge in [-0.3, -0.25) is 14.4 Å². The number of rotatable bonds is 12. The molecule has 8 nitrogen and oxygen atoms in total. The standard InChI is InChI=1S/C27H36N4O4/c1-3-5-24(28)19-6-9-21(10-7-19)29-25(33)12-13-26(34)31(15-16-32)22-11-8-20-18-30(14-4-2)27(35)23(20)17-22/h6-11,17,24,32H,3-5,12-16,18,28H2,1-2H3,(H,29,33). The van der Waals surface area contributed by atoms with Crippen LogP contribution in [0.15, 0.2) is 42.5 Å². The lowest BCUT2D eigenvalue weighted by Gasteiger charge is -2.22. The molecule has 188 valence electrons. The summed E-state index contributed by atoms with van der Waals surface area (Å²) in [7, 11) is 0. The Hall–Kier alpha value is -3.23. The van der Waals surface area contributed by atoms with E-state index in [2.05, 4.69) is 12.2 Å². The molecule has 0 spiro atoms. The molecule has 2 aromatic carbocycles. The van der Waals surface area contributed by atoms with Crippen LogP contribution in [0.1, 0.15) is 73.5 Å². The molecule has 0 aromatic heterocycles. The predicted octanol–water partition coefficient (Wildman–Crippen LogP) is 3.60. The van der Waals surface area contributed by atoms with E-state index in [1.165, 1.54) is 4.90 Å². The summed E-state index contributed by atoms with van der Waals surface area (Å²) < 4.78 is 0. The van der Waals surface area contributed by atoms with Crippen LogP contribution in [-0.2, 0) is 16.1 Å². The monoisotopic (exact) mass is 480 g/mol. The Bertz CT molecular complexity index is 1040. The maximum Gasteiger partial charge on any atom is 0.254 e. The van der Waals surface area contributed by atoms with E-state index < -0.39 is 0 Å². The van der Waals surface area contributed by atoms with Gasteiger partial charge in [0, 0.05) is 55.5 Å². The maximum absolute atomic E-state index is 12.9. The van der Waals surface area contributed by atoms with Crippen LogP contribution in [-0.4, -0.2) is 47.4 Å². The van der Waals surface area contributed by atoms with E-state index in [0.717, 1.165) is 30.4 Å². The predicted molar refractivity (Wildman–Crippen MR) is 137 cm³/mol. The second kappa shape index (κ2) is 12.5. The van der Waals surface area contributed by atoms with Crippen LogP contribution < -0.4 is 16.0 Å². The summed E-state index contributed by atoms with van der Waals surface area (Å²) in [5, 5.41) is 12.3. The Balaban J connectivity index is 1.60. The highest BCUT2D eigenvalue weighted by Gasteiger charge is 2.28. The minimum atomic E-state index is -0.286. The van der Waals surface area contributed by atoms with Crippen molar-refractivity contribution < 1.29 is 19.5 Å². The Morgan fingerprint density at radius 3 is 2.51 bits per heavy atom. The first-order valence-electron chi connectivity index (χ1n) is 12.4. The minimum Gasteiger partial charge on any atom is -0.395 e. The van der Waals surface area contributed by atoms with Gasteiger partial charge >= 0.3 is 0 Å². The lowest BCUT2D eigenvalue weighted by molar-refractivity contribution is -0.122. The number of carbonyl (C=O) groups is 3. The number of nitrogens with two attached hydrogens (primary N) is 1. The van der Waals surface area contributed by atoms with Crippen LogP contribution in [0, 0.1) is 0 Å². The number of fused-ring (bicyclic) bond motifs is 1. The molecule has 1 atom stereocenters. The molecule has 3 rings (SSSR count). The van der Waals surface area contributed by atoms with Crippen molar-refractivity contribution in [3.05, 3.63) is 59.2 Å². The van der Waals surface area contributed by atoms with E-state index in [0.29, 0.717) is 30.0 Å². The molecule has 1 unspecified atom stereocenters. The van der Waals surface area contributed by atoms with Gasteiger partial charge in [-0.15, -0.1) is 0 Å². The van der Waals surface area contributed by atoms with Crippen molar-refractivity contribution in [1.29, 1.82) is 0 Å². The van der Waals surface area contributed by atoms with Crippen molar-refractivity contribution in [3.63, 3.8) is 0 Å². The van der Waals surface area contributed by atoms with Crippen LogP contribution in [0.25, 0.3) is 0 Å². The third-order valence-electron chi connectivity index (χ3n) is 6.19. The third-order valence-corrected chi connectivity index (χ3v) is 6.19. The van der Waals surface area contributed by atoms with Gasteiger partial charge in [-0.05, 0) is 48.2 Å². The number of amides is 3. The van der Waals surface area contributed by atoms with E-state index in [-0.39, 0.29) is 49.8 Å². The van der Waals surface area contributed by atoms with Crippen molar-refractivity contribution in [2.75, 3.05) is 29.9 Å². The van der Waals surface area contributed by atoms with E-state index in [9.17, 15) is 19.5 Å². The van der Waals surface area contributed by atoms with Crippen LogP contribution in [0.2, 0.25) is 0 Å². The number of benzene rings is 2. The number of hydrogen-bond acceptors (Lipinski definition) is 5. The number of anilines is 2. The van der Waals surface area contributed by atoms with Gasteiger partial charge < -0.3 is 26.0 Å². The Morgan fingerprint density at radius 1 is 1.11 bits per heavy atom. The maximum atomic E-state index is 12.9. The normalized spacial score (nSPS) is 13.5. The molecule has 0 fully saturated rings. The molecule has 8 heteroatoms. The zero-order chi connectivity index (χ0) is 25.4. The number of aliphatic hydroxyl groups is 1. The van der Waals surface area contributed by atoms with Crippen molar-refractivity contribution >= 4 is 29.1 Å². The van der Waals surface area contributed by atoms with Gasteiger partial charge in [-0.25, -0.2) is 0 Å². The molecule has 35 heavy (non-hydrogen) atoms. The van der Waals surface area contributed by atoms with Crippen molar-refractivity contribution in [2.45, 2.75) is 58.5 Å². The lowest BCUT2D eigenvalue weighted by atomic mass is 10.0. The smallest absolute Gasteiger partial charge is 0.254 e. The topological polar surface area (TPSA) is 116 Å². The van der Waals surface area contributed by atoms with Crippen LogP contribution in [0.3, 0.4) is 0 Å².